The van der Waals surface area contributed by atoms with E-state index in [-0.39, 0.29) is 23.7 Å². The number of rotatable bonds is 3. The van der Waals surface area contributed by atoms with Gasteiger partial charge >= 0.3 is 0 Å². The third-order valence-electron chi connectivity index (χ3n) is 5.61. The Bertz CT molecular complexity index is 463. The van der Waals surface area contributed by atoms with Crippen molar-refractivity contribution in [2.24, 2.45) is 11.8 Å². The van der Waals surface area contributed by atoms with E-state index >= 15 is 0 Å². The first-order valence-electron chi connectivity index (χ1n) is 9.57. The molecule has 2 aliphatic carbocycles. The molecule has 0 aromatic carbocycles. The standard InChI is InChI=1S/C19H30N2O3/c22-18(20-15-7-3-1-2-4-8-15)16-9-5-6-10-17(16)19(23)21-11-13-24-14-12-21/h5-6,15-17H,1-4,7-14H2,(H,20,22)/t16-,17+/m0/s1. The van der Waals surface area contributed by atoms with E-state index in [1.807, 2.05) is 4.90 Å². The maximum atomic E-state index is 12.9. The van der Waals surface area contributed by atoms with Crippen LogP contribution in [0.3, 0.4) is 0 Å². The molecular weight excluding hydrogens is 304 g/mol. The summed E-state index contributed by atoms with van der Waals surface area (Å²) in [5.74, 6) is -0.214. The lowest BCUT2D eigenvalue weighted by Gasteiger charge is -2.34. The summed E-state index contributed by atoms with van der Waals surface area (Å²) in [5.41, 5.74) is 0. The molecule has 3 rings (SSSR count). The Balaban J connectivity index is 1.61. The summed E-state index contributed by atoms with van der Waals surface area (Å²) in [6.07, 6.45) is 12.6. The van der Waals surface area contributed by atoms with Crippen molar-refractivity contribution >= 4 is 11.8 Å². The Kier molecular flexibility index (Phi) is 6.30. The van der Waals surface area contributed by atoms with Gasteiger partial charge in [0.25, 0.3) is 0 Å². The molecule has 1 aliphatic heterocycles. The largest absolute Gasteiger partial charge is 0.378 e. The van der Waals surface area contributed by atoms with Gasteiger partial charge in [0.15, 0.2) is 0 Å². The first-order chi connectivity index (χ1) is 11.8. The lowest BCUT2D eigenvalue weighted by molar-refractivity contribution is -0.145. The number of hydrogen-bond acceptors (Lipinski definition) is 3. The van der Waals surface area contributed by atoms with Gasteiger partial charge in [0.2, 0.25) is 11.8 Å². The molecule has 2 atom stereocenters. The van der Waals surface area contributed by atoms with Gasteiger partial charge in [-0.1, -0.05) is 37.8 Å². The molecule has 2 fully saturated rings. The van der Waals surface area contributed by atoms with E-state index in [0.29, 0.717) is 45.2 Å². The fourth-order valence-electron chi connectivity index (χ4n) is 4.13. The molecule has 1 saturated heterocycles. The maximum absolute atomic E-state index is 12.9. The summed E-state index contributed by atoms with van der Waals surface area (Å²) in [7, 11) is 0. The lowest BCUT2D eigenvalue weighted by atomic mass is 9.81. The molecule has 1 heterocycles. The molecule has 0 spiro atoms. The van der Waals surface area contributed by atoms with Crippen molar-refractivity contribution in [3.05, 3.63) is 12.2 Å². The Labute approximate surface area is 144 Å². The minimum Gasteiger partial charge on any atom is -0.378 e. The van der Waals surface area contributed by atoms with Crippen LogP contribution in [0.5, 0.6) is 0 Å². The van der Waals surface area contributed by atoms with Gasteiger partial charge in [0.1, 0.15) is 0 Å². The number of morpholine rings is 1. The first-order valence-corrected chi connectivity index (χ1v) is 9.57. The van der Waals surface area contributed by atoms with Crippen molar-refractivity contribution in [2.45, 2.75) is 57.4 Å². The smallest absolute Gasteiger partial charge is 0.226 e. The number of nitrogens with one attached hydrogen (secondary N) is 1. The molecule has 0 aromatic heterocycles. The zero-order valence-electron chi connectivity index (χ0n) is 14.5. The van der Waals surface area contributed by atoms with Gasteiger partial charge in [-0.3, -0.25) is 9.59 Å². The first kappa shape index (κ1) is 17.5. The molecule has 134 valence electrons. The Morgan fingerprint density at radius 2 is 1.54 bits per heavy atom. The minimum atomic E-state index is -0.214. The molecule has 2 amide bonds. The summed E-state index contributed by atoms with van der Waals surface area (Å²) < 4.78 is 5.34. The molecular formula is C19H30N2O3. The number of ether oxygens (including phenoxy) is 1. The molecule has 5 heteroatoms. The number of amides is 2. The van der Waals surface area contributed by atoms with E-state index < -0.39 is 0 Å². The summed E-state index contributed by atoms with van der Waals surface area (Å²) >= 11 is 0. The Morgan fingerprint density at radius 3 is 2.21 bits per heavy atom. The van der Waals surface area contributed by atoms with Crippen molar-refractivity contribution in [3.63, 3.8) is 0 Å². The number of nitrogens with zero attached hydrogens (tertiary/aromatic N) is 1. The van der Waals surface area contributed by atoms with Crippen LogP contribution in [0.2, 0.25) is 0 Å². The highest BCUT2D eigenvalue weighted by Gasteiger charge is 2.37. The van der Waals surface area contributed by atoms with Crippen molar-refractivity contribution in [3.8, 4) is 0 Å². The monoisotopic (exact) mass is 334 g/mol. The lowest BCUT2D eigenvalue weighted by Crippen LogP contribution is -2.49. The van der Waals surface area contributed by atoms with E-state index in [0.717, 1.165) is 12.8 Å². The molecule has 0 radical (unpaired) electrons. The van der Waals surface area contributed by atoms with Crippen LogP contribution in [-0.2, 0) is 14.3 Å². The molecule has 5 nitrogen and oxygen atoms in total. The fraction of sp³-hybridized carbons (Fsp3) is 0.789. The zero-order chi connectivity index (χ0) is 16.8. The van der Waals surface area contributed by atoms with E-state index in [4.69, 9.17) is 4.74 Å². The van der Waals surface area contributed by atoms with Crippen molar-refractivity contribution in [1.29, 1.82) is 0 Å². The Hall–Kier alpha value is -1.36. The van der Waals surface area contributed by atoms with Crippen molar-refractivity contribution < 1.29 is 14.3 Å². The summed E-state index contributed by atoms with van der Waals surface area (Å²) in [5, 5.41) is 3.25. The van der Waals surface area contributed by atoms with Gasteiger partial charge in [-0.15, -0.1) is 0 Å². The normalized spacial score (nSPS) is 29.1. The van der Waals surface area contributed by atoms with Gasteiger partial charge in [-0.05, 0) is 25.7 Å². The quantitative estimate of drug-likeness (QED) is 0.636. The fourth-order valence-corrected chi connectivity index (χ4v) is 4.13. The molecule has 0 bridgehead atoms. The molecule has 1 N–H and O–H groups in total. The van der Waals surface area contributed by atoms with Gasteiger partial charge in [-0.2, -0.15) is 0 Å². The minimum absolute atomic E-state index is 0.0814. The summed E-state index contributed by atoms with van der Waals surface area (Å²) in [6.45, 7) is 2.51. The highest BCUT2D eigenvalue weighted by Crippen LogP contribution is 2.29. The van der Waals surface area contributed by atoms with Crippen LogP contribution in [-0.4, -0.2) is 49.1 Å². The van der Waals surface area contributed by atoms with Gasteiger partial charge in [-0.25, -0.2) is 0 Å². The SMILES string of the molecule is O=C(NC1CCCCCC1)[C@H]1CC=CC[C@H]1C(=O)N1CCOCC1. The summed E-state index contributed by atoms with van der Waals surface area (Å²) in [6, 6.07) is 0.296. The van der Waals surface area contributed by atoms with Gasteiger partial charge in [0, 0.05) is 19.1 Å². The molecule has 24 heavy (non-hydrogen) atoms. The van der Waals surface area contributed by atoms with Crippen molar-refractivity contribution in [2.75, 3.05) is 26.3 Å². The second kappa shape index (κ2) is 8.65. The van der Waals surface area contributed by atoms with Gasteiger partial charge < -0.3 is 15.0 Å². The second-order valence-corrected chi connectivity index (χ2v) is 7.29. The number of carbonyl (C=O) groups excluding carboxylic acids is 2. The summed E-state index contributed by atoms with van der Waals surface area (Å²) in [4.78, 5) is 27.6. The van der Waals surface area contributed by atoms with Crippen LogP contribution in [0.4, 0.5) is 0 Å². The number of carbonyl (C=O) groups is 2. The second-order valence-electron chi connectivity index (χ2n) is 7.29. The van der Waals surface area contributed by atoms with Crippen LogP contribution >= 0.6 is 0 Å². The van der Waals surface area contributed by atoms with E-state index in [2.05, 4.69) is 17.5 Å². The number of allylic oxidation sites excluding steroid dienone is 2. The van der Waals surface area contributed by atoms with Crippen LogP contribution in [0.15, 0.2) is 12.2 Å². The van der Waals surface area contributed by atoms with E-state index in [1.54, 1.807) is 0 Å². The van der Waals surface area contributed by atoms with Crippen LogP contribution < -0.4 is 5.32 Å². The Morgan fingerprint density at radius 1 is 0.917 bits per heavy atom. The van der Waals surface area contributed by atoms with Crippen LogP contribution in [0, 0.1) is 11.8 Å². The number of hydrogen-bond donors (Lipinski definition) is 1. The van der Waals surface area contributed by atoms with Crippen LogP contribution in [0.1, 0.15) is 51.4 Å². The van der Waals surface area contributed by atoms with E-state index in [9.17, 15) is 9.59 Å². The molecule has 0 aromatic rings. The maximum Gasteiger partial charge on any atom is 0.226 e. The third kappa shape index (κ3) is 4.38. The van der Waals surface area contributed by atoms with Crippen molar-refractivity contribution in [1.82, 2.24) is 10.2 Å². The van der Waals surface area contributed by atoms with E-state index in [1.165, 1.54) is 25.7 Å². The third-order valence-corrected chi connectivity index (χ3v) is 5.61. The molecule has 0 unspecified atom stereocenters. The molecule has 1 saturated carbocycles. The zero-order valence-corrected chi connectivity index (χ0v) is 14.5. The predicted molar refractivity (Wildman–Crippen MR) is 92.4 cm³/mol. The topological polar surface area (TPSA) is 58.6 Å². The van der Waals surface area contributed by atoms with Crippen LogP contribution in [0.25, 0.3) is 0 Å². The highest BCUT2D eigenvalue weighted by molar-refractivity contribution is 5.88. The average molecular weight is 334 g/mol. The average Bonchev–Trinajstić information content (AvgIpc) is 2.90. The molecule has 3 aliphatic rings. The highest BCUT2D eigenvalue weighted by atomic mass is 16.5. The van der Waals surface area contributed by atoms with Gasteiger partial charge in [0.05, 0.1) is 25.0 Å². The predicted octanol–water partition coefficient (Wildman–Crippen LogP) is 2.27.